The van der Waals surface area contributed by atoms with E-state index in [0.29, 0.717) is 17.4 Å². The van der Waals surface area contributed by atoms with Crippen molar-refractivity contribution in [3.05, 3.63) is 29.3 Å². The van der Waals surface area contributed by atoms with E-state index < -0.39 is 0 Å². The summed E-state index contributed by atoms with van der Waals surface area (Å²) >= 11 is 0. The molecule has 2 rings (SSSR count). The smallest absolute Gasteiger partial charge is 0.216 e. The lowest BCUT2D eigenvalue weighted by Gasteiger charge is -2.29. The third kappa shape index (κ3) is 3.84. The highest BCUT2D eigenvalue weighted by Gasteiger charge is 2.25. The summed E-state index contributed by atoms with van der Waals surface area (Å²) in [6.45, 7) is 2.33. The van der Waals surface area contributed by atoms with E-state index in [1.165, 1.54) is 0 Å². The summed E-state index contributed by atoms with van der Waals surface area (Å²) in [6, 6.07) is 5.77. The summed E-state index contributed by atoms with van der Waals surface area (Å²) in [6.07, 6.45) is 5.19. The van der Waals surface area contributed by atoms with Crippen LogP contribution in [0.4, 0.5) is 0 Å². The van der Waals surface area contributed by atoms with Gasteiger partial charge in [-0.3, -0.25) is 9.59 Å². The molecule has 21 heavy (non-hydrogen) atoms. The molecule has 0 radical (unpaired) electrons. The Kier molecular flexibility index (Phi) is 5.37. The van der Waals surface area contributed by atoms with Crippen LogP contribution in [0.15, 0.2) is 18.2 Å². The Hall–Kier alpha value is -1.84. The molecule has 0 spiro atoms. The SMILES string of the molecule is COc1c(C=O)cccc1C1CCC(CNC(C)=O)CC1. The Bertz CT molecular complexity index is 505. The summed E-state index contributed by atoms with van der Waals surface area (Å²) < 4.78 is 5.44. The highest BCUT2D eigenvalue weighted by atomic mass is 16.5. The Morgan fingerprint density at radius 3 is 2.62 bits per heavy atom. The van der Waals surface area contributed by atoms with Crippen molar-refractivity contribution >= 4 is 12.2 Å². The minimum absolute atomic E-state index is 0.0393. The van der Waals surface area contributed by atoms with Gasteiger partial charge < -0.3 is 10.1 Å². The highest BCUT2D eigenvalue weighted by Crippen LogP contribution is 2.40. The lowest BCUT2D eigenvalue weighted by molar-refractivity contribution is -0.119. The van der Waals surface area contributed by atoms with Gasteiger partial charge in [0.05, 0.1) is 12.7 Å². The normalized spacial score (nSPS) is 21.6. The second-order valence-corrected chi connectivity index (χ2v) is 5.74. The van der Waals surface area contributed by atoms with E-state index in [9.17, 15) is 9.59 Å². The van der Waals surface area contributed by atoms with Crippen molar-refractivity contribution < 1.29 is 14.3 Å². The van der Waals surface area contributed by atoms with E-state index >= 15 is 0 Å². The zero-order chi connectivity index (χ0) is 15.2. The van der Waals surface area contributed by atoms with Crippen LogP contribution in [0.3, 0.4) is 0 Å². The molecule has 4 heteroatoms. The summed E-state index contributed by atoms with van der Waals surface area (Å²) in [5.74, 6) is 1.76. The number of carbonyl (C=O) groups is 2. The van der Waals surface area contributed by atoms with Gasteiger partial charge in [0.2, 0.25) is 5.91 Å². The monoisotopic (exact) mass is 289 g/mol. The first-order chi connectivity index (χ1) is 10.2. The average Bonchev–Trinajstić information content (AvgIpc) is 2.52. The molecule has 0 unspecified atom stereocenters. The van der Waals surface area contributed by atoms with Crippen molar-refractivity contribution in [3.8, 4) is 5.75 Å². The molecule has 0 aromatic heterocycles. The van der Waals surface area contributed by atoms with Gasteiger partial charge >= 0.3 is 0 Å². The second kappa shape index (κ2) is 7.25. The first-order valence-corrected chi connectivity index (χ1v) is 7.52. The molecule has 1 aromatic rings. The zero-order valence-corrected chi connectivity index (χ0v) is 12.7. The summed E-state index contributed by atoms with van der Waals surface area (Å²) in [4.78, 5) is 22.1. The second-order valence-electron chi connectivity index (χ2n) is 5.74. The maximum atomic E-state index is 11.1. The van der Waals surface area contributed by atoms with Crippen molar-refractivity contribution in [2.75, 3.05) is 13.7 Å². The molecule has 1 fully saturated rings. The fourth-order valence-corrected chi connectivity index (χ4v) is 3.19. The number of rotatable bonds is 5. The van der Waals surface area contributed by atoms with Gasteiger partial charge in [-0.25, -0.2) is 0 Å². The molecule has 114 valence electrons. The number of amides is 1. The zero-order valence-electron chi connectivity index (χ0n) is 12.7. The number of methoxy groups -OCH3 is 1. The molecule has 0 saturated heterocycles. The minimum Gasteiger partial charge on any atom is -0.496 e. The van der Waals surface area contributed by atoms with Gasteiger partial charge in [-0.05, 0) is 49.1 Å². The van der Waals surface area contributed by atoms with E-state index in [2.05, 4.69) is 11.4 Å². The Balaban J connectivity index is 2.02. The number of carbonyl (C=O) groups excluding carboxylic acids is 2. The fraction of sp³-hybridized carbons (Fsp3) is 0.529. The van der Waals surface area contributed by atoms with E-state index in [1.54, 1.807) is 20.1 Å². The van der Waals surface area contributed by atoms with Crippen LogP contribution in [0.5, 0.6) is 5.75 Å². The van der Waals surface area contributed by atoms with Crippen molar-refractivity contribution in [3.63, 3.8) is 0 Å². The van der Waals surface area contributed by atoms with Crippen LogP contribution < -0.4 is 10.1 Å². The van der Waals surface area contributed by atoms with E-state index in [4.69, 9.17) is 4.74 Å². The van der Waals surface area contributed by atoms with Crippen molar-refractivity contribution in [2.24, 2.45) is 5.92 Å². The number of para-hydroxylation sites is 1. The largest absolute Gasteiger partial charge is 0.496 e. The van der Waals surface area contributed by atoms with Crippen LogP contribution in [0.2, 0.25) is 0 Å². The lowest BCUT2D eigenvalue weighted by Crippen LogP contribution is -2.29. The molecule has 1 aliphatic rings. The van der Waals surface area contributed by atoms with Gasteiger partial charge in [0.15, 0.2) is 6.29 Å². The van der Waals surface area contributed by atoms with E-state index in [0.717, 1.165) is 49.8 Å². The molecule has 1 amide bonds. The van der Waals surface area contributed by atoms with Crippen molar-refractivity contribution in [1.82, 2.24) is 5.32 Å². The maximum Gasteiger partial charge on any atom is 0.216 e. The lowest BCUT2D eigenvalue weighted by atomic mass is 9.78. The van der Waals surface area contributed by atoms with Crippen molar-refractivity contribution in [2.45, 2.75) is 38.5 Å². The number of benzene rings is 1. The van der Waals surface area contributed by atoms with Crippen LogP contribution in [-0.4, -0.2) is 25.8 Å². The molecule has 1 aliphatic carbocycles. The summed E-state index contributed by atoms with van der Waals surface area (Å²) in [7, 11) is 1.62. The number of ether oxygens (including phenoxy) is 1. The number of hydrogen-bond acceptors (Lipinski definition) is 3. The van der Waals surface area contributed by atoms with Crippen molar-refractivity contribution in [1.29, 1.82) is 0 Å². The van der Waals surface area contributed by atoms with Gasteiger partial charge in [0.1, 0.15) is 5.75 Å². The van der Waals surface area contributed by atoms with Crippen LogP contribution in [0.1, 0.15) is 54.4 Å². The number of aldehydes is 1. The molecule has 1 saturated carbocycles. The standard InChI is InChI=1S/C17H23NO3/c1-12(20)18-10-13-6-8-14(9-7-13)16-5-3-4-15(11-19)17(16)21-2/h3-5,11,13-14H,6-10H2,1-2H3,(H,18,20). The Labute approximate surface area is 125 Å². The van der Waals surface area contributed by atoms with Crippen LogP contribution in [0, 0.1) is 5.92 Å². The molecule has 0 heterocycles. The van der Waals surface area contributed by atoms with Gasteiger partial charge in [-0.15, -0.1) is 0 Å². The number of nitrogens with one attached hydrogen (secondary N) is 1. The van der Waals surface area contributed by atoms with E-state index in [-0.39, 0.29) is 5.91 Å². The van der Waals surface area contributed by atoms with Gasteiger partial charge in [-0.1, -0.05) is 12.1 Å². The highest BCUT2D eigenvalue weighted by molar-refractivity contribution is 5.80. The predicted molar refractivity (Wildman–Crippen MR) is 81.8 cm³/mol. The molecule has 1 aromatic carbocycles. The molecule has 0 atom stereocenters. The number of hydrogen-bond donors (Lipinski definition) is 1. The molecule has 4 nitrogen and oxygen atoms in total. The topological polar surface area (TPSA) is 55.4 Å². The summed E-state index contributed by atoms with van der Waals surface area (Å²) in [5.41, 5.74) is 1.76. The van der Waals surface area contributed by atoms with Crippen LogP contribution >= 0.6 is 0 Å². The quantitative estimate of drug-likeness (QED) is 0.848. The molecular formula is C17H23NO3. The average molecular weight is 289 g/mol. The summed E-state index contributed by atoms with van der Waals surface area (Å²) in [5, 5.41) is 2.90. The van der Waals surface area contributed by atoms with Gasteiger partial charge in [0, 0.05) is 13.5 Å². The van der Waals surface area contributed by atoms with Crippen LogP contribution in [0.25, 0.3) is 0 Å². The first-order valence-electron chi connectivity index (χ1n) is 7.52. The Morgan fingerprint density at radius 2 is 2.05 bits per heavy atom. The third-order valence-electron chi connectivity index (χ3n) is 4.33. The molecule has 0 bridgehead atoms. The predicted octanol–water partition coefficient (Wildman–Crippen LogP) is 2.92. The molecular weight excluding hydrogens is 266 g/mol. The van der Waals surface area contributed by atoms with Gasteiger partial charge in [-0.2, -0.15) is 0 Å². The maximum absolute atomic E-state index is 11.1. The Morgan fingerprint density at radius 1 is 1.33 bits per heavy atom. The first kappa shape index (κ1) is 15.5. The minimum atomic E-state index is 0.0393. The third-order valence-corrected chi connectivity index (χ3v) is 4.33. The fourth-order valence-electron chi connectivity index (χ4n) is 3.19. The molecule has 1 N–H and O–H groups in total. The van der Waals surface area contributed by atoms with Crippen LogP contribution in [-0.2, 0) is 4.79 Å². The molecule has 0 aliphatic heterocycles. The van der Waals surface area contributed by atoms with E-state index in [1.807, 2.05) is 6.07 Å². The van der Waals surface area contributed by atoms with Gasteiger partial charge in [0.25, 0.3) is 0 Å².